The van der Waals surface area contributed by atoms with E-state index in [1.54, 1.807) is 7.05 Å². The van der Waals surface area contributed by atoms with Crippen molar-refractivity contribution in [2.45, 2.75) is 81.1 Å². The van der Waals surface area contributed by atoms with Crippen molar-refractivity contribution in [3.63, 3.8) is 0 Å². The molecular formula is C17H35N5O5. The number of aliphatic hydroxyl groups is 1. The topological polar surface area (TPSA) is 172 Å². The molecule has 0 aromatic carbocycles. The Morgan fingerprint density at radius 3 is 2.56 bits per heavy atom. The number of hydrogen-bond acceptors (Lipinski definition) is 9. The van der Waals surface area contributed by atoms with E-state index in [4.69, 9.17) is 37.1 Å². The molecule has 9 atom stereocenters. The molecule has 27 heavy (non-hydrogen) atoms. The summed E-state index contributed by atoms with van der Waals surface area (Å²) in [5.74, 6) is -0.323. The Morgan fingerprint density at radius 2 is 2.00 bits per heavy atom. The lowest BCUT2D eigenvalue weighted by Gasteiger charge is -2.48. The van der Waals surface area contributed by atoms with Crippen LogP contribution in [0.25, 0.3) is 0 Å². The molecule has 2 fully saturated rings. The number of likely N-dealkylation sites (N-methyl/N-ethyl adjacent to an activating group) is 1. The molecule has 0 radical (unpaired) electrons. The van der Waals surface area contributed by atoms with Crippen LogP contribution in [-0.2, 0) is 19.0 Å². The zero-order valence-electron chi connectivity index (χ0n) is 16.4. The Hall–Kier alpha value is -0.850. The van der Waals surface area contributed by atoms with Gasteiger partial charge in [-0.3, -0.25) is 4.79 Å². The second-order valence-corrected chi connectivity index (χ2v) is 7.61. The first-order chi connectivity index (χ1) is 12.7. The number of aliphatic hydroxyl groups excluding tert-OH is 1. The van der Waals surface area contributed by atoms with E-state index >= 15 is 0 Å². The molecular weight excluding hydrogens is 354 g/mol. The Kier molecular flexibility index (Phi) is 7.95. The number of rotatable bonds is 6. The second-order valence-electron chi connectivity index (χ2n) is 7.61. The van der Waals surface area contributed by atoms with E-state index in [0.717, 1.165) is 6.42 Å². The first-order valence-corrected chi connectivity index (χ1v) is 9.45. The number of nitrogens with two attached hydrogens (primary N) is 4. The standard InChI is InChI=1S/C17H35N5O5/c1-8(19)11-5-4-9(20)17(26-11)27-12-6-10(21)16(25-3)14(15(12)24)22(2)13(23)7-18/h8-12,14-17,24H,4-7,18-21H2,1-3H3. The first kappa shape index (κ1) is 22.4. The summed E-state index contributed by atoms with van der Waals surface area (Å²) < 4.78 is 17.4. The van der Waals surface area contributed by atoms with Gasteiger partial charge < -0.3 is 47.2 Å². The van der Waals surface area contributed by atoms with Crippen LogP contribution in [0, 0.1) is 0 Å². The van der Waals surface area contributed by atoms with Gasteiger partial charge in [-0.25, -0.2) is 0 Å². The van der Waals surface area contributed by atoms with Gasteiger partial charge in [0.15, 0.2) is 6.29 Å². The molecule has 0 spiro atoms. The van der Waals surface area contributed by atoms with Crippen molar-refractivity contribution < 1.29 is 24.1 Å². The Balaban J connectivity index is 2.15. The van der Waals surface area contributed by atoms with Gasteiger partial charge in [-0.15, -0.1) is 0 Å². The Morgan fingerprint density at radius 1 is 1.33 bits per heavy atom. The van der Waals surface area contributed by atoms with Gasteiger partial charge in [-0.1, -0.05) is 0 Å². The maximum absolute atomic E-state index is 12.1. The van der Waals surface area contributed by atoms with Crippen LogP contribution in [0.3, 0.4) is 0 Å². The van der Waals surface area contributed by atoms with Crippen molar-refractivity contribution >= 4 is 5.91 Å². The van der Waals surface area contributed by atoms with Gasteiger partial charge in [0.1, 0.15) is 6.10 Å². The average molecular weight is 389 g/mol. The minimum Gasteiger partial charge on any atom is -0.388 e. The summed E-state index contributed by atoms with van der Waals surface area (Å²) in [4.78, 5) is 13.5. The van der Waals surface area contributed by atoms with Crippen molar-refractivity contribution in [1.82, 2.24) is 4.90 Å². The molecule has 2 rings (SSSR count). The molecule has 1 aliphatic heterocycles. The monoisotopic (exact) mass is 389 g/mol. The van der Waals surface area contributed by atoms with Crippen LogP contribution in [-0.4, -0.2) is 91.5 Å². The summed E-state index contributed by atoms with van der Waals surface area (Å²) >= 11 is 0. The van der Waals surface area contributed by atoms with Crippen molar-refractivity contribution in [2.24, 2.45) is 22.9 Å². The predicted octanol–water partition coefficient (Wildman–Crippen LogP) is -2.56. The van der Waals surface area contributed by atoms with E-state index < -0.39 is 36.7 Å². The van der Waals surface area contributed by atoms with Crippen molar-refractivity contribution in [1.29, 1.82) is 0 Å². The highest BCUT2D eigenvalue weighted by molar-refractivity contribution is 5.78. The van der Waals surface area contributed by atoms with E-state index in [2.05, 4.69) is 0 Å². The minimum atomic E-state index is -1.03. The minimum absolute atomic E-state index is 0.152. The van der Waals surface area contributed by atoms with Gasteiger partial charge in [0.05, 0.1) is 36.9 Å². The van der Waals surface area contributed by atoms with E-state index in [1.807, 2.05) is 6.92 Å². The van der Waals surface area contributed by atoms with Crippen molar-refractivity contribution in [2.75, 3.05) is 20.7 Å². The van der Waals surface area contributed by atoms with Gasteiger partial charge in [0.2, 0.25) is 5.91 Å². The van der Waals surface area contributed by atoms with Crippen LogP contribution < -0.4 is 22.9 Å². The highest BCUT2D eigenvalue weighted by Gasteiger charge is 2.48. The molecule has 2 aliphatic rings. The molecule has 158 valence electrons. The number of carbonyl (C=O) groups is 1. The second kappa shape index (κ2) is 9.57. The van der Waals surface area contributed by atoms with Gasteiger partial charge >= 0.3 is 0 Å². The Bertz CT molecular complexity index is 496. The zero-order valence-corrected chi connectivity index (χ0v) is 16.4. The molecule has 1 aliphatic carbocycles. The average Bonchev–Trinajstić information content (AvgIpc) is 2.64. The lowest BCUT2D eigenvalue weighted by molar-refractivity contribution is -0.255. The molecule has 1 amide bonds. The number of hydrogen-bond donors (Lipinski definition) is 5. The van der Waals surface area contributed by atoms with E-state index in [1.165, 1.54) is 12.0 Å². The Labute approximate surface area is 160 Å². The van der Waals surface area contributed by atoms with E-state index in [9.17, 15) is 9.90 Å². The molecule has 1 saturated heterocycles. The van der Waals surface area contributed by atoms with Gasteiger partial charge in [-0.2, -0.15) is 0 Å². The van der Waals surface area contributed by atoms with Gasteiger partial charge in [-0.05, 0) is 26.2 Å². The highest BCUT2D eigenvalue weighted by Crippen LogP contribution is 2.30. The van der Waals surface area contributed by atoms with E-state index in [-0.39, 0.29) is 30.6 Å². The summed E-state index contributed by atoms with van der Waals surface area (Å²) in [6, 6.07) is -1.61. The normalized spacial score (nSPS) is 41.2. The number of nitrogens with zero attached hydrogens (tertiary/aromatic N) is 1. The predicted molar refractivity (Wildman–Crippen MR) is 99.4 cm³/mol. The fraction of sp³-hybridized carbons (Fsp3) is 0.941. The highest BCUT2D eigenvalue weighted by atomic mass is 16.7. The zero-order chi connectivity index (χ0) is 20.3. The molecule has 0 aromatic rings. The van der Waals surface area contributed by atoms with Crippen LogP contribution in [0.5, 0.6) is 0 Å². The molecule has 0 aromatic heterocycles. The first-order valence-electron chi connectivity index (χ1n) is 9.45. The number of methoxy groups -OCH3 is 1. The van der Waals surface area contributed by atoms with Gasteiger partial charge in [0.25, 0.3) is 0 Å². The SMILES string of the molecule is COC1C(N)CC(OC2OC(C(C)N)CCC2N)C(O)C1N(C)C(=O)CN. The fourth-order valence-corrected chi connectivity index (χ4v) is 3.95. The third-order valence-corrected chi connectivity index (χ3v) is 5.62. The smallest absolute Gasteiger partial charge is 0.236 e. The maximum atomic E-state index is 12.1. The fourth-order valence-electron chi connectivity index (χ4n) is 3.95. The summed E-state index contributed by atoms with van der Waals surface area (Å²) in [5.41, 5.74) is 23.8. The molecule has 1 heterocycles. The summed E-state index contributed by atoms with van der Waals surface area (Å²) in [7, 11) is 3.07. The van der Waals surface area contributed by atoms with E-state index in [0.29, 0.717) is 12.8 Å². The van der Waals surface area contributed by atoms with Crippen LogP contribution in [0.15, 0.2) is 0 Å². The van der Waals surface area contributed by atoms with Crippen LogP contribution in [0.1, 0.15) is 26.2 Å². The number of ether oxygens (including phenoxy) is 3. The third-order valence-electron chi connectivity index (χ3n) is 5.62. The van der Waals surface area contributed by atoms with Crippen LogP contribution in [0.4, 0.5) is 0 Å². The third kappa shape index (κ3) is 4.96. The molecule has 10 nitrogen and oxygen atoms in total. The molecule has 0 bridgehead atoms. The summed E-state index contributed by atoms with van der Waals surface area (Å²) in [5, 5.41) is 10.9. The molecule has 9 N–H and O–H groups in total. The molecule has 1 saturated carbocycles. The summed E-state index contributed by atoms with van der Waals surface area (Å²) in [6.07, 6.45) is -1.28. The maximum Gasteiger partial charge on any atom is 0.236 e. The summed E-state index contributed by atoms with van der Waals surface area (Å²) in [6.45, 7) is 1.69. The molecule has 10 heteroatoms. The largest absolute Gasteiger partial charge is 0.388 e. The molecule has 9 unspecified atom stereocenters. The lowest BCUT2D eigenvalue weighted by atomic mass is 9.83. The number of amides is 1. The lowest BCUT2D eigenvalue weighted by Crippen LogP contribution is -2.67. The van der Waals surface area contributed by atoms with Crippen LogP contribution in [0.2, 0.25) is 0 Å². The van der Waals surface area contributed by atoms with Crippen molar-refractivity contribution in [3.05, 3.63) is 0 Å². The van der Waals surface area contributed by atoms with Gasteiger partial charge in [0, 0.05) is 26.2 Å². The quantitative estimate of drug-likeness (QED) is 0.327. The van der Waals surface area contributed by atoms with Crippen LogP contribution >= 0.6 is 0 Å². The number of carbonyl (C=O) groups excluding carboxylic acids is 1. The van der Waals surface area contributed by atoms with Crippen molar-refractivity contribution in [3.8, 4) is 0 Å².